The van der Waals surface area contributed by atoms with Gasteiger partial charge in [-0.15, -0.1) is 0 Å². The zero-order valence-corrected chi connectivity index (χ0v) is 12.2. The maximum absolute atomic E-state index is 11.9. The van der Waals surface area contributed by atoms with E-state index in [2.05, 4.69) is 24.5 Å². The van der Waals surface area contributed by atoms with Gasteiger partial charge in [0.05, 0.1) is 12.1 Å². The van der Waals surface area contributed by atoms with Gasteiger partial charge >= 0.3 is 0 Å². The van der Waals surface area contributed by atoms with Gasteiger partial charge in [-0.25, -0.2) is 0 Å². The molecule has 0 aliphatic heterocycles. The van der Waals surface area contributed by atoms with Crippen LogP contribution < -0.4 is 10.6 Å². The molecule has 0 radical (unpaired) electrons. The van der Waals surface area contributed by atoms with Crippen LogP contribution in [0, 0.1) is 0 Å². The Hall–Kier alpha value is -1.39. The number of carbonyl (C=O) groups is 1. The minimum atomic E-state index is -0.509. The second kappa shape index (κ2) is 6.86. The molecule has 4 heteroatoms. The molecule has 0 bridgehead atoms. The van der Waals surface area contributed by atoms with Crippen molar-refractivity contribution in [1.29, 1.82) is 0 Å². The van der Waals surface area contributed by atoms with E-state index in [4.69, 9.17) is 0 Å². The molecule has 1 amide bonds. The summed E-state index contributed by atoms with van der Waals surface area (Å²) in [6.45, 7) is 5.02. The Balaban J connectivity index is 1.82. The number of hydrogen-bond acceptors (Lipinski definition) is 3. The van der Waals surface area contributed by atoms with Crippen LogP contribution in [0.2, 0.25) is 0 Å². The monoisotopic (exact) mass is 276 g/mol. The molecule has 0 saturated carbocycles. The molecule has 0 heterocycles. The van der Waals surface area contributed by atoms with Crippen LogP contribution in [0.3, 0.4) is 0 Å². The van der Waals surface area contributed by atoms with Crippen molar-refractivity contribution in [1.82, 2.24) is 10.6 Å². The summed E-state index contributed by atoms with van der Waals surface area (Å²) in [5, 5.41) is 16.3. The molecule has 1 aliphatic rings. The Morgan fingerprint density at radius 3 is 2.90 bits per heavy atom. The predicted molar refractivity (Wildman–Crippen MR) is 79.4 cm³/mol. The molecule has 0 saturated heterocycles. The third kappa shape index (κ3) is 3.81. The van der Waals surface area contributed by atoms with Gasteiger partial charge in [0.15, 0.2) is 0 Å². The van der Waals surface area contributed by atoms with Gasteiger partial charge in [0.25, 0.3) is 0 Å². The van der Waals surface area contributed by atoms with Crippen molar-refractivity contribution in [3.63, 3.8) is 0 Å². The normalized spacial score (nSPS) is 21.0. The SMILES string of the molecule is CC(C)NCCCC(=O)N[C@@H]1c2ccccc2C[C@@H]1O. The minimum Gasteiger partial charge on any atom is -0.390 e. The molecule has 0 aromatic heterocycles. The van der Waals surface area contributed by atoms with Crippen molar-refractivity contribution in [2.24, 2.45) is 0 Å². The molecule has 3 N–H and O–H groups in total. The molecule has 0 spiro atoms. The molecule has 0 fully saturated rings. The van der Waals surface area contributed by atoms with Gasteiger partial charge in [-0.1, -0.05) is 38.1 Å². The van der Waals surface area contributed by atoms with E-state index in [1.54, 1.807) is 0 Å². The predicted octanol–water partition coefficient (Wildman–Crippen LogP) is 1.54. The molecular formula is C16H24N2O2. The summed E-state index contributed by atoms with van der Waals surface area (Å²) >= 11 is 0. The number of nitrogens with one attached hydrogen (secondary N) is 2. The summed E-state index contributed by atoms with van der Waals surface area (Å²) < 4.78 is 0. The van der Waals surface area contributed by atoms with Gasteiger partial charge in [0, 0.05) is 18.9 Å². The lowest BCUT2D eigenvalue weighted by Crippen LogP contribution is -2.34. The maximum atomic E-state index is 11.9. The van der Waals surface area contributed by atoms with Gasteiger partial charge in [-0.3, -0.25) is 4.79 Å². The van der Waals surface area contributed by atoms with Gasteiger partial charge in [0.1, 0.15) is 0 Å². The first-order valence-corrected chi connectivity index (χ1v) is 7.36. The van der Waals surface area contributed by atoms with E-state index < -0.39 is 6.10 Å². The number of aliphatic hydroxyl groups excluding tert-OH is 1. The molecule has 0 unspecified atom stereocenters. The number of carbonyl (C=O) groups excluding carboxylic acids is 1. The number of fused-ring (bicyclic) bond motifs is 1. The Bertz CT molecular complexity index is 460. The number of aliphatic hydroxyl groups is 1. The average Bonchev–Trinajstić information content (AvgIpc) is 2.71. The average molecular weight is 276 g/mol. The highest BCUT2D eigenvalue weighted by molar-refractivity contribution is 5.76. The quantitative estimate of drug-likeness (QED) is 0.691. The number of rotatable bonds is 6. The third-order valence-electron chi connectivity index (χ3n) is 3.65. The largest absolute Gasteiger partial charge is 0.390 e. The van der Waals surface area contributed by atoms with E-state index in [1.807, 2.05) is 24.3 Å². The van der Waals surface area contributed by atoms with Crippen LogP contribution in [-0.2, 0) is 11.2 Å². The summed E-state index contributed by atoms with van der Waals surface area (Å²) in [6, 6.07) is 8.10. The fourth-order valence-electron chi connectivity index (χ4n) is 2.63. The smallest absolute Gasteiger partial charge is 0.220 e. The van der Waals surface area contributed by atoms with E-state index >= 15 is 0 Å². The summed E-state index contributed by atoms with van der Waals surface area (Å²) in [6.07, 6.45) is 1.42. The second-order valence-corrected chi connectivity index (χ2v) is 5.73. The van der Waals surface area contributed by atoms with Crippen LogP contribution in [0.4, 0.5) is 0 Å². The van der Waals surface area contributed by atoms with Crippen LogP contribution in [0.25, 0.3) is 0 Å². The van der Waals surface area contributed by atoms with Crippen LogP contribution >= 0.6 is 0 Å². The first-order valence-electron chi connectivity index (χ1n) is 7.36. The van der Waals surface area contributed by atoms with Crippen LogP contribution in [0.5, 0.6) is 0 Å². The summed E-state index contributed by atoms with van der Waals surface area (Å²) in [5.41, 5.74) is 2.18. The maximum Gasteiger partial charge on any atom is 0.220 e. The van der Waals surface area contributed by atoms with Crippen LogP contribution in [0.1, 0.15) is 43.9 Å². The van der Waals surface area contributed by atoms with Crippen LogP contribution in [-0.4, -0.2) is 29.7 Å². The second-order valence-electron chi connectivity index (χ2n) is 5.73. The lowest BCUT2D eigenvalue weighted by Gasteiger charge is -2.18. The van der Waals surface area contributed by atoms with Gasteiger partial charge < -0.3 is 15.7 Å². The van der Waals surface area contributed by atoms with Crippen molar-refractivity contribution in [2.45, 2.75) is 51.3 Å². The molecule has 110 valence electrons. The first-order chi connectivity index (χ1) is 9.58. The zero-order chi connectivity index (χ0) is 14.5. The standard InChI is InChI=1S/C16H24N2O2/c1-11(2)17-9-5-8-15(20)18-16-13-7-4-3-6-12(13)10-14(16)19/h3-4,6-7,11,14,16-17,19H,5,8-10H2,1-2H3,(H,18,20)/t14-,16+/m0/s1. The zero-order valence-electron chi connectivity index (χ0n) is 12.2. The Labute approximate surface area is 120 Å². The molecule has 1 aromatic carbocycles. The topological polar surface area (TPSA) is 61.4 Å². The van der Waals surface area contributed by atoms with E-state index in [9.17, 15) is 9.90 Å². The van der Waals surface area contributed by atoms with Gasteiger partial charge in [0.2, 0.25) is 5.91 Å². The Morgan fingerprint density at radius 1 is 1.40 bits per heavy atom. The summed E-state index contributed by atoms with van der Waals surface area (Å²) in [7, 11) is 0. The van der Waals surface area contributed by atoms with E-state index in [-0.39, 0.29) is 11.9 Å². The molecule has 2 atom stereocenters. The fourth-order valence-corrected chi connectivity index (χ4v) is 2.63. The van der Waals surface area contributed by atoms with Crippen molar-refractivity contribution >= 4 is 5.91 Å². The van der Waals surface area contributed by atoms with Crippen molar-refractivity contribution < 1.29 is 9.90 Å². The van der Waals surface area contributed by atoms with Crippen molar-refractivity contribution in [3.05, 3.63) is 35.4 Å². The van der Waals surface area contributed by atoms with Crippen molar-refractivity contribution in [3.8, 4) is 0 Å². The fraction of sp³-hybridized carbons (Fsp3) is 0.562. The molecule has 4 nitrogen and oxygen atoms in total. The lowest BCUT2D eigenvalue weighted by molar-refractivity contribution is -0.122. The molecule has 2 rings (SSSR count). The molecular weight excluding hydrogens is 252 g/mol. The highest BCUT2D eigenvalue weighted by atomic mass is 16.3. The number of hydrogen-bond donors (Lipinski definition) is 3. The highest BCUT2D eigenvalue weighted by Crippen LogP contribution is 2.31. The summed E-state index contributed by atoms with van der Waals surface area (Å²) in [4.78, 5) is 11.9. The highest BCUT2D eigenvalue weighted by Gasteiger charge is 2.31. The van der Waals surface area contributed by atoms with E-state index in [0.717, 1.165) is 24.1 Å². The van der Waals surface area contributed by atoms with Gasteiger partial charge in [-0.05, 0) is 24.1 Å². The Morgan fingerprint density at radius 2 is 2.15 bits per heavy atom. The molecule has 20 heavy (non-hydrogen) atoms. The Kier molecular flexibility index (Phi) is 5.15. The van der Waals surface area contributed by atoms with E-state index in [0.29, 0.717) is 18.9 Å². The molecule has 1 aliphatic carbocycles. The lowest BCUT2D eigenvalue weighted by atomic mass is 10.1. The third-order valence-corrected chi connectivity index (χ3v) is 3.65. The number of benzene rings is 1. The minimum absolute atomic E-state index is 0.0105. The molecule has 1 aromatic rings. The van der Waals surface area contributed by atoms with E-state index in [1.165, 1.54) is 0 Å². The van der Waals surface area contributed by atoms with Gasteiger partial charge in [-0.2, -0.15) is 0 Å². The summed E-state index contributed by atoms with van der Waals surface area (Å²) in [5.74, 6) is 0.0105. The number of amides is 1. The van der Waals surface area contributed by atoms with Crippen molar-refractivity contribution in [2.75, 3.05) is 6.54 Å². The first kappa shape index (κ1) is 15.0. The van der Waals surface area contributed by atoms with Crippen LogP contribution in [0.15, 0.2) is 24.3 Å².